The largest absolute Gasteiger partial charge is 0.455 e. The highest BCUT2D eigenvalue weighted by atomic mass is 16.3. The van der Waals surface area contributed by atoms with E-state index < -0.39 is 0 Å². The highest BCUT2D eigenvalue weighted by Crippen LogP contribution is 2.42. The first-order valence-corrected chi connectivity index (χ1v) is 19.3. The molecular weight excluding hydrogens is 693 g/mol. The van der Waals surface area contributed by atoms with Crippen LogP contribution in [0.2, 0.25) is 0 Å². The van der Waals surface area contributed by atoms with Crippen molar-refractivity contribution in [3.05, 3.63) is 224 Å². The van der Waals surface area contributed by atoms with Gasteiger partial charge < -0.3 is 9.73 Å². The Morgan fingerprint density at radius 3 is 2.02 bits per heavy atom. The number of furan rings is 1. The van der Waals surface area contributed by atoms with Gasteiger partial charge in [-0.15, -0.1) is 6.58 Å². The Labute approximate surface area is 331 Å². The van der Waals surface area contributed by atoms with Crippen LogP contribution in [0.15, 0.2) is 217 Å². The van der Waals surface area contributed by atoms with E-state index in [0.29, 0.717) is 11.5 Å². The lowest BCUT2D eigenvalue weighted by molar-refractivity contribution is 0.670. The van der Waals surface area contributed by atoms with Gasteiger partial charge in [0.05, 0.1) is 11.7 Å². The van der Waals surface area contributed by atoms with Crippen LogP contribution in [0, 0.1) is 0 Å². The van der Waals surface area contributed by atoms with Crippen LogP contribution in [0.25, 0.3) is 82.2 Å². The van der Waals surface area contributed by atoms with E-state index in [0.717, 1.165) is 60.7 Å². The van der Waals surface area contributed by atoms with Crippen molar-refractivity contribution in [2.24, 2.45) is 4.99 Å². The van der Waals surface area contributed by atoms with Gasteiger partial charge in [-0.3, -0.25) is 0 Å². The molecule has 0 radical (unpaired) electrons. The third kappa shape index (κ3) is 6.16. The maximum absolute atomic E-state index is 6.79. The molecule has 10 rings (SSSR count). The Morgan fingerprint density at radius 1 is 0.544 bits per heavy atom. The average molecular weight is 731 g/mol. The van der Waals surface area contributed by atoms with Crippen LogP contribution in [0.3, 0.4) is 0 Å². The highest BCUT2D eigenvalue weighted by molar-refractivity contribution is 6.19. The summed E-state index contributed by atoms with van der Waals surface area (Å²) in [6.45, 7) is 8.84. The van der Waals surface area contributed by atoms with E-state index in [2.05, 4.69) is 188 Å². The minimum Gasteiger partial charge on any atom is -0.455 e. The maximum Gasteiger partial charge on any atom is 0.143 e. The van der Waals surface area contributed by atoms with Gasteiger partial charge >= 0.3 is 0 Å². The van der Waals surface area contributed by atoms with Crippen LogP contribution in [-0.2, 0) is 0 Å². The molecule has 1 heterocycles. The third-order valence-corrected chi connectivity index (χ3v) is 11.1. The van der Waals surface area contributed by atoms with Gasteiger partial charge in [0.25, 0.3) is 0 Å². The predicted molar refractivity (Wildman–Crippen MR) is 242 cm³/mol. The Balaban J connectivity index is 1.09. The molecule has 0 spiro atoms. The lowest BCUT2D eigenvalue weighted by Crippen LogP contribution is -2.28. The topological polar surface area (TPSA) is 37.5 Å². The van der Waals surface area contributed by atoms with Crippen LogP contribution in [0.1, 0.15) is 22.7 Å². The lowest BCUT2D eigenvalue weighted by Gasteiger charge is -2.20. The van der Waals surface area contributed by atoms with Gasteiger partial charge in [-0.25, -0.2) is 4.99 Å². The quantitative estimate of drug-likeness (QED) is 0.0731. The van der Waals surface area contributed by atoms with Crippen molar-refractivity contribution in [3.8, 4) is 22.3 Å². The number of hydrogen-bond acceptors (Lipinski definition) is 2. The van der Waals surface area contributed by atoms with Gasteiger partial charge in [0, 0.05) is 27.5 Å². The molecule has 9 aromatic carbocycles. The maximum atomic E-state index is 6.79. The van der Waals surface area contributed by atoms with Crippen molar-refractivity contribution in [2.75, 3.05) is 0 Å². The first-order valence-electron chi connectivity index (χ1n) is 19.3. The average Bonchev–Trinajstić information content (AvgIpc) is 3.67. The summed E-state index contributed by atoms with van der Waals surface area (Å²) in [5.41, 5.74) is 9.75. The van der Waals surface area contributed by atoms with Gasteiger partial charge in [0.2, 0.25) is 0 Å². The number of nitrogens with zero attached hydrogens (tertiary/aromatic N) is 1. The van der Waals surface area contributed by atoms with Crippen molar-refractivity contribution >= 4 is 65.8 Å². The van der Waals surface area contributed by atoms with Crippen LogP contribution in [0.5, 0.6) is 0 Å². The summed E-state index contributed by atoms with van der Waals surface area (Å²) >= 11 is 0. The molecule has 270 valence electrons. The first kappa shape index (κ1) is 34.0. The minimum atomic E-state index is -0.210. The van der Waals surface area contributed by atoms with Gasteiger partial charge in [-0.05, 0) is 72.8 Å². The Kier molecular flexibility index (Phi) is 8.54. The summed E-state index contributed by atoms with van der Waals surface area (Å²) in [5, 5.41) is 12.9. The molecule has 3 heteroatoms. The minimum absolute atomic E-state index is 0.210. The zero-order valence-electron chi connectivity index (χ0n) is 31.3. The number of amidine groups is 1. The molecule has 1 atom stereocenters. The van der Waals surface area contributed by atoms with Crippen molar-refractivity contribution < 1.29 is 4.42 Å². The second-order valence-electron chi connectivity index (χ2n) is 14.5. The second kappa shape index (κ2) is 14.3. The van der Waals surface area contributed by atoms with E-state index in [9.17, 15) is 0 Å². The normalized spacial score (nSPS) is 12.4. The Morgan fingerprint density at radius 2 is 1.21 bits per heavy atom. The van der Waals surface area contributed by atoms with E-state index in [-0.39, 0.29) is 6.04 Å². The fourth-order valence-electron chi connectivity index (χ4n) is 8.23. The number of benzene rings is 9. The molecule has 10 aromatic rings. The van der Waals surface area contributed by atoms with Crippen molar-refractivity contribution in [1.29, 1.82) is 0 Å². The smallest absolute Gasteiger partial charge is 0.143 e. The number of fused-ring (bicyclic) bond motifs is 7. The fraction of sp³-hybridized carbons (Fsp3) is 0.0185. The molecule has 1 aromatic heterocycles. The molecule has 0 aliphatic rings. The zero-order valence-corrected chi connectivity index (χ0v) is 31.3. The van der Waals surface area contributed by atoms with E-state index in [1.54, 1.807) is 0 Å². The number of para-hydroxylation sites is 1. The van der Waals surface area contributed by atoms with E-state index in [4.69, 9.17) is 9.41 Å². The second-order valence-corrected chi connectivity index (χ2v) is 14.5. The summed E-state index contributed by atoms with van der Waals surface area (Å²) in [6, 6.07) is 65.8. The zero-order chi connectivity index (χ0) is 38.3. The molecule has 0 bridgehead atoms. The number of rotatable bonds is 8. The van der Waals surface area contributed by atoms with Crippen LogP contribution in [0.4, 0.5) is 0 Å². The van der Waals surface area contributed by atoms with E-state index >= 15 is 0 Å². The third-order valence-electron chi connectivity index (χ3n) is 11.1. The Bertz CT molecular complexity index is 3190. The fourth-order valence-corrected chi connectivity index (χ4v) is 8.23. The van der Waals surface area contributed by atoms with Crippen molar-refractivity contribution in [3.63, 3.8) is 0 Å². The molecule has 1 unspecified atom stereocenters. The molecular formula is C54H38N2O. The van der Waals surface area contributed by atoms with E-state index in [1.807, 2.05) is 24.3 Å². The standard InChI is InChI=1S/C54H38N2O/c1-3-50(39-30-27-38(28-31-39)36-15-5-4-6-16-36)56-54(42-32-29-37-17-7-8-18-40(37)33-42)55-35(2)43-23-14-26-51-52(43)48-25-13-24-47(53(48)57-51)49-34-41-19-9-10-20-44(41)45-21-11-12-22-46(45)49/h3-34,50H,1-2H2,(H,55,56). The summed E-state index contributed by atoms with van der Waals surface area (Å²) in [4.78, 5) is 5.32. The summed E-state index contributed by atoms with van der Waals surface area (Å²) in [6.07, 6.45) is 1.93. The van der Waals surface area contributed by atoms with Gasteiger partial charge in [-0.1, -0.05) is 183 Å². The molecule has 57 heavy (non-hydrogen) atoms. The van der Waals surface area contributed by atoms with Crippen LogP contribution >= 0.6 is 0 Å². The molecule has 0 fully saturated rings. The number of hydrogen-bond donors (Lipinski definition) is 1. The molecule has 0 saturated carbocycles. The first-order chi connectivity index (χ1) is 28.1. The Hall–Kier alpha value is -7.49. The summed E-state index contributed by atoms with van der Waals surface area (Å²) < 4.78 is 6.79. The summed E-state index contributed by atoms with van der Waals surface area (Å²) in [5.74, 6) is 0.705. The SMILES string of the molecule is C=CC(N/C(=N\C(=C)c1cccc2oc3c(-c4cc5ccccc5c5ccccc45)cccc3c12)c1ccc2ccccc2c1)c1ccc(-c2ccccc2)cc1. The summed E-state index contributed by atoms with van der Waals surface area (Å²) in [7, 11) is 0. The number of nitrogens with one attached hydrogen (secondary N) is 1. The molecule has 1 N–H and O–H groups in total. The monoisotopic (exact) mass is 730 g/mol. The lowest BCUT2D eigenvalue weighted by atomic mass is 9.92. The molecule has 0 aliphatic carbocycles. The van der Waals surface area contributed by atoms with Crippen molar-refractivity contribution in [1.82, 2.24) is 5.32 Å². The van der Waals surface area contributed by atoms with Crippen LogP contribution < -0.4 is 5.32 Å². The van der Waals surface area contributed by atoms with Crippen LogP contribution in [-0.4, -0.2) is 5.84 Å². The van der Waals surface area contributed by atoms with Crippen molar-refractivity contribution in [2.45, 2.75) is 6.04 Å². The molecule has 3 nitrogen and oxygen atoms in total. The molecule has 0 amide bonds. The van der Waals surface area contributed by atoms with Gasteiger partial charge in [0.1, 0.15) is 17.0 Å². The predicted octanol–water partition coefficient (Wildman–Crippen LogP) is 14.3. The molecule has 0 aliphatic heterocycles. The van der Waals surface area contributed by atoms with Gasteiger partial charge in [-0.2, -0.15) is 0 Å². The van der Waals surface area contributed by atoms with E-state index in [1.165, 1.54) is 32.5 Å². The molecule has 0 saturated heterocycles. The van der Waals surface area contributed by atoms with Gasteiger partial charge in [0.15, 0.2) is 0 Å². The highest BCUT2D eigenvalue weighted by Gasteiger charge is 2.20. The number of aliphatic imine (C=N–C) groups is 1.